The molecule has 0 aromatic heterocycles. The molecule has 2 N–H and O–H groups in total. The predicted octanol–water partition coefficient (Wildman–Crippen LogP) is 1.99. The number of likely N-dealkylation sites (tertiary alicyclic amines) is 1. The third-order valence-electron chi connectivity index (χ3n) is 4.68. The summed E-state index contributed by atoms with van der Waals surface area (Å²) >= 11 is 0. The molecule has 4 nitrogen and oxygen atoms in total. The summed E-state index contributed by atoms with van der Waals surface area (Å²) < 4.78 is 0. The van der Waals surface area contributed by atoms with Gasteiger partial charge in [0.25, 0.3) is 0 Å². The van der Waals surface area contributed by atoms with Gasteiger partial charge in [0, 0.05) is 30.0 Å². The molecule has 1 aliphatic heterocycles. The van der Waals surface area contributed by atoms with E-state index in [2.05, 4.69) is 11.4 Å². The molecule has 1 fully saturated rings. The van der Waals surface area contributed by atoms with Crippen LogP contribution in [0, 0.1) is 17.2 Å². The van der Waals surface area contributed by atoms with Gasteiger partial charge < -0.3 is 10.2 Å². The number of nitriles is 1. The lowest BCUT2D eigenvalue weighted by atomic mass is 9.95. The van der Waals surface area contributed by atoms with E-state index < -0.39 is 0 Å². The lowest BCUT2D eigenvalue weighted by Crippen LogP contribution is -3.11. The van der Waals surface area contributed by atoms with Gasteiger partial charge in [0.2, 0.25) is 5.91 Å². The predicted molar refractivity (Wildman–Crippen MR) is 93.4 cm³/mol. The SMILES string of the molecule is N#Cc1ccccc1C[NH+]1CCC(C(=O)Nc2ccccc2)CC1. The van der Waals surface area contributed by atoms with Crippen molar-refractivity contribution in [3.8, 4) is 6.07 Å². The van der Waals surface area contributed by atoms with Crippen molar-refractivity contribution in [2.75, 3.05) is 18.4 Å². The van der Waals surface area contributed by atoms with Gasteiger partial charge >= 0.3 is 0 Å². The molecule has 1 aliphatic rings. The van der Waals surface area contributed by atoms with Crippen molar-refractivity contribution in [1.29, 1.82) is 5.26 Å². The number of para-hydroxylation sites is 1. The number of benzene rings is 2. The number of carbonyl (C=O) groups is 1. The highest BCUT2D eigenvalue weighted by Gasteiger charge is 2.27. The number of rotatable bonds is 4. The molecule has 0 bridgehead atoms. The molecule has 1 heterocycles. The van der Waals surface area contributed by atoms with E-state index in [1.54, 1.807) is 0 Å². The Morgan fingerprint density at radius 3 is 2.46 bits per heavy atom. The topological polar surface area (TPSA) is 57.3 Å². The summed E-state index contributed by atoms with van der Waals surface area (Å²) in [6, 6.07) is 19.7. The Hall–Kier alpha value is -2.64. The van der Waals surface area contributed by atoms with Crippen LogP contribution >= 0.6 is 0 Å². The first-order valence-corrected chi connectivity index (χ1v) is 8.44. The van der Waals surface area contributed by atoms with Crippen LogP contribution in [0.1, 0.15) is 24.0 Å². The van der Waals surface area contributed by atoms with Crippen LogP contribution in [-0.4, -0.2) is 19.0 Å². The van der Waals surface area contributed by atoms with Crippen LogP contribution < -0.4 is 10.2 Å². The van der Waals surface area contributed by atoms with Crippen molar-refractivity contribution in [3.63, 3.8) is 0 Å². The van der Waals surface area contributed by atoms with Gasteiger partial charge in [0.05, 0.1) is 24.7 Å². The van der Waals surface area contributed by atoms with Gasteiger partial charge in [-0.2, -0.15) is 5.26 Å². The Kier molecular flexibility index (Phi) is 5.25. The van der Waals surface area contributed by atoms with E-state index in [1.165, 1.54) is 4.90 Å². The average Bonchev–Trinajstić information content (AvgIpc) is 2.63. The second-order valence-electron chi connectivity index (χ2n) is 6.33. The molecule has 0 aliphatic carbocycles. The molecule has 2 aromatic rings. The number of nitrogens with zero attached hydrogens (tertiary/aromatic N) is 1. The molecule has 122 valence electrons. The van der Waals surface area contributed by atoms with Crippen LogP contribution in [-0.2, 0) is 11.3 Å². The quantitative estimate of drug-likeness (QED) is 0.905. The highest BCUT2D eigenvalue weighted by molar-refractivity contribution is 5.92. The second kappa shape index (κ2) is 7.76. The maximum atomic E-state index is 12.4. The summed E-state index contributed by atoms with van der Waals surface area (Å²) in [4.78, 5) is 13.8. The average molecular weight is 320 g/mol. The van der Waals surface area contributed by atoms with Crippen LogP contribution in [0.3, 0.4) is 0 Å². The van der Waals surface area contributed by atoms with Crippen LogP contribution in [0.15, 0.2) is 54.6 Å². The van der Waals surface area contributed by atoms with E-state index in [-0.39, 0.29) is 11.8 Å². The molecule has 3 rings (SSSR count). The van der Waals surface area contributed by atoms with Gasteiger partial charge in [-0.15, -0.1) is 0 Å². The van der Waals surface area contributed by atoms with E-state index >= 15 is 0 Å². The molecule has 0 spiro atoms. The second-order valence-corrected chi connectivity index (χ2v) is 6.33. The first-order chi connectivity index (χ1) is 11.8. The van der Waals surface area contributed by atoms with Crippen LogP contribution in [0.4, 0.5) is 5.69 Å². The Balaban J connectivity index is 1.52. The molecule has 24 heavy (non-hydrogen) atoms. The minimum absolute atomic E-state index is 0.0835. The summed E-state index contributed by atoms with van der Waals surface area (Å²) in [7, 11) is 0. The Labute approximate surface area is 142 Å². The number of hydrogen-bond donors (Lipinski definition) is 2. The van der Waals surface area contributed by atoms with Crippen molar-refractivity contribution in [3.05, 3.63) is 65.7 Å². The van der Waals surface area contributed by atoms with Crippen molar-refractivity contribution < 1.29 is 9.69 Å². The highest BCUT2D eigenvalue weighted by atomic mass is 16.1. The minimum atomic E-state index is 0.0835. The number of amides is 1. The van der Waals surface area contributed by atoms with Gasteiger partial charge in [0.1, 0.15) is 6.54 Å². The van der Waals surface area contributed by atoms with Gasteiger partial charge in [-0.3, -0.25) is 4.79 Å². The molecule has 1 saturated heterocycles. The normalized spacial score (nSPS) is 20.1. The lowest BCUT2D eigenvalue weighted by molar-refractivity contribution is -0.919. The summed E-state index contributed by atoms with van der Waals surface area (Å²) in [5.74, 6) is 0.206. The molecule has 2 aromatic carbocycles. The van der Waals surface area contributed by atoms with Crippen molar-refractivity contribution >= 4 is 11.6 Å². The smallest absolute Gasteiger partial charge is 0.227 e. The van der Waals surface area contributed by atoms with E-state index in [0.717, 1.165) is 49.3 Å². The van der Waals surface area contributed by atoms with Crippen LogP contribution in [0.25, 0.3) is 0 Å². The number of hydrogen-bond acceptors (Lipinski definition) is 2. The fourth-order valence-corrected chi connectivity index (χ4v) is 3.28. The summed E-state index contributed by atoms with van der Waals surface area (Å²) in [5.41, 5.74) is 2.72. The fourth-order valence-electron chi connectivity index (χ4n) is 3.28. The highest BCUT2D eigenvalue weighted by Crippen LogP contribution is 2.14. The van der Waals surface area contributed by atoms with Crippen LogP contribution in [0.5, 0.6) is 0 Å². The van der Waals surface area contributed by atoms with Gasteiger partial charge in [-0.1, -0.05) is 36.4 Å². The Morgan fingerprint density at radius 2 is 1.75 bits per heavy atom. The first-order valence-electron chi connectivity index (χ1n) is 8.44. The third-order valence-corrected chi connectivity index (χ3v) is 4.68. The largest absolute Gasteiger partial charge is 0.331 e. The van der Waals surface area contributed by atoms with E-state index in [4.69, 9.17) is 0 Å². The number of carbonyl (C=O) groups excluding carboxylic acids is 1. The number of quaternary nitrogens is 1. The van der Waals surface area contributed by atoms with Gasteiger partial charge in [-0.05, 0) is 18.2 Å². The molecule has 0 atom stereocenters. The molecular formula is C20H22N3O+. The monoisotopic (exact) mass is 320 g/mol. The molecule has 0 saturated carbocycles. The molecule has 0 radical (unpaired) electrons. The van der Waals surface area contributed by atoms with Crippen molar-refractivity contribution in [2.24, 2.45) is 5.92 Å². The van der Waals surface area contributed by atoms with E-state index in [1.807, 2.05) is 54.6 Å². The standard InChI is InChI=1S/C20H21N3O/c21-14-17-6-4-5-7-18(17)15-23-12-10-16(11-13-23)20(24)22-19-8-2-1-3-9-19/h1-9,16H,10-13,15H2,(H,22,24)/p+1. The third kappa shape index (κ3) is 4.01. The van der Waals surface area contributed by atoms with Gasteiger partial charge in [0.15, 0.2) is 0 Å². The summed E-state index contributed by atoms with van der Waals surface area (Å²) in [6.07, 6.45) is 1.78. The zero-order valence-electron chi connectivity index (χ0n) is 13.7. The summed E-state index contributed by atoms with van der Waals surface area (Å²) in [6.45, 7) is 2.79. The van der Waals surface area contributed by atoms with E-state index in [0.29, 0.717) is 0 Å². The number of piperidine rings is 1. The maximum Gasteiger partial charge on any atom is 0.227 e. The lowest BCUT2D eigenvalue weighted by Gasteiger charge is -2.28. The van der Waals surface area contributed by atoms with Crippen molar-refractivity contribution in [2.45, 2.75) is 19.4 Å². The molecule has 4 heteroatoms. The van der Waals surface area contributed by atoms with Crippen LogP contribution in [0.2, 0.25) is 0 Å². The molecular weight excluding hydrogens is 298 g/mol. The maximum absolute atomic E-state index is 12.4. The summed E-state index contributed by atoms with van der Waals surface area (Å²) in [5, 5.41) is 12.2. The van der Waals surface area contributed by atoms with E-state index in [9.17, 15) is 10.1 Å². The number of nitrogens with one attached hydrogen (secondary N) is 2. The van der Waals surface area contributed by atoms with Gasteiger partial charge in [-0.25, -0.2) is 0 Å². The minimum Gasteiger partial charge on any atom is -0.331 e. The molecule has 0 unspecified atom stereocenters. The first kappa shape index (κ1) is 16.2. The zero-order chi connectivity index (χ0) is 16.8. The fraction of sp³-hybridized carbons (Fsp3) is 0.300. The number of anilines is 1. The van der Waals surface area contributed by atoms with Crippen molar-refractivity contribution in [1.82, 2.24) is 0 Å². The Morgan fingerprint density at radius 1 is 1.08 bits per heavy atom. The Bertz CT molecular complexity index is 728. The molecule has 1 amide bonds. The zero-order valence-corrected chi connectivity index (χ0v) is 13.7.